The lowest BCUT2D eigenvalue weighted by Gasteiger charge is -2.41. The molecule has 0 fully saturated rings. The highest BCUT2D eigenvalue weighted by Crippen LogP contribution is 2.37. The second-order valence-electron chi connectivity index (χ2n) is 8.08. The maximum atomic E-state index is 14.0. The first-order valence-electron chi connectivity index (χ1n) is 10.7. The Morgan fingerprint density at radius 2 is 1.60 bits per heavy atom. The summed E-state index contributed by atoms with van der Waals surface area (Å²) in [5.41, 5.74) is 1.05. The Balaban J connectivity index is 1.88. The van der Waals surface area contributed by atoms with Gasteiger partial charge in [0.25, 0.3) is 15.9 Å². The van der Waals surface area contributed by atoms with Crippen LogP contribution in [0.1, 0.15) is 15.9 Å². The van der Waals surface area contributed by atoms with Gasteiger partial charge in [0, 0.05) is 24.9 Å². The monoisotopic (exact) mass is 615 g/mol. The summed E-state index contributed by atoms with van der Waals surface area (Å²) >= 11 is 1.98. The molecule has 4 atom stereocenters. The predicted octanol–water partition coefficient (Wildman–Crippen LogP) is 3.14. The van der Waals surface area contributed by atoms with Gasteiger partial charge in [-0.15, -0.1) is 0 Å². The molecule has 0 bridgehead atoms. The van der Waals surface area contributed by atoms with Gasteiger partial charge in [0.1, 0.15) is 18.3 Å². The van der Waals surface area contributed by atoms with Crippen molar-refractivity contribution in [1.82, 2.24) is 4.31 Å². The zero-order chi connectivity index (χ0) is 25.3. The van der Waals surface area contributed by atoms with Crippen molar-refractivity contribution >= 4 is 38.5 Å². The maximum Gasteiger partial charge on any atom is 0.269 e. The molecule has 1 aliphatic carbocycles. The van der Waals surface area contributed by atoms with Crippen LogP contribution in [0.25, 0.3) is 0 Å². The van der Waals surface area contributed by atoms with Crippen molar-refractivity contribution < 1.29 is 36.9 Å². The minimum atomic E-state index is -4.31. The zero-order valence-corrected chi connectivity index (χ0v) is 22.6. The molecule has 0 unspecified atom stereocenters. The van der Waals surface area contributed by atoms with Gasteiger partial charge in [0.15, 0.2) is 11.5 Å². The number of carbonyl (C=O) groups excluding carboxylic acids is 1. The van der Waals surface area contributed by atoms with E-state index in [1.54, 1.807) is 30.4 Å². The summed E-state index contributed by atoms with van der Waals surface area (Å²) in [5, 5.41) is 0. The molecule has 2 aliphatic rings. The summed E-state index contributed by atoms with van der Waals surface area (Å²) in [6, 6.07) is 8.48. The quantitative estimate of drug-likeness (QED) is 0.346. The van der Waals surface area contributed by atoms with E-state index in [1.165, 1.54) is 39.5 Å². The highest BCUT2D eigenvalue weighted by Gasteiger charge is 2.46. The molecule has 11 heteroatoms. The van der Waals surface area contributed by atoms with Gasteiger partial charge < -0.3 is 23.7 Å². The Labute approximate surface area is 218 Å². The van der Waals surface area contributed by atoms with Crippen LogP contribution in [0.5, 0.6) is 11.5 Å². The first kappa shape index (κ1) is 25.9. The standard InChI is InChI=1S/C24H26INO8S/c1-14-5-7-15(8-6-14)35(28,29)26(18-9-10-19(30-2)23(32-4)22(18)31-3)24(27)16-11-20-21(12-17(16)25)34-13-33-20/h5-12,18-19,22-23H,13H2,1-4H3/t18-,19+,22+,23-/m1/s1. The van der Waals surface area contributed by atoms with Crippen LogP contribution < -0.4 is 9.47 Å². The fourth-order valence-corrected chi connectivity index (χ4v) is 6.42. The number of nitrogens with zero attached hydrogens (tertiary/aromatic N) is 1. The minimum Gasteiger partial charge on any atom is -0.454 e. The lowest BCUT2D eigenvalue weighted by molar-refractivity contribution is -0.109. The van der Waals surface area contributed by atoms with Crippen LogP contribution in [-0.4, -0.2) is 71.1 Å². The molecule has 9 nitrogen and oxygen atoms in total. The number of aryl methyl sites for hydroxylation is 1. The van der Waals surface area contributed by atoms with Gasteiger partial charge in [-0.3, -0.25) is 4.79 Å². The topological polar surface area (TPSA) is 101 Å². The molecule has 4 rings (SSSR count). The van der Waals surface area contributed by atoms with E-state index >= 15 is 0 Å². The lowest BCUT2D eigenvalue weighted by atomic mass is 9.93. The number of hydrogen-bond donors (Lipinski definition) is 0. The number of amides is 1. The third-order valence-corrected chi connectivity index (χ3v) is 8.73. The molecule has 2 aromatic rings. The number of fused-ring (bicyclic) bond motifs is 1. The summed E-state index contributed by atoms with van der Waals surface area (Å²) < 4.78 is 57.0. The van der Waals surface area contributed by atoms with Crippen LogP contribution in [0, 0.1) is 10.5 Å². The fraction of sp³-hybridized carbons (Fsp3) is 0.375. The number of halogens is 1. The first-order valence-corrected chi connectivity index (χ1v) is 13.3. The fourth-order valence-electron chi connectivity index (χ4n) is 4.22. The Bertz CT molecular complexity index is 1230. The molecule has 0 spiro atoms. The molecule has 0 saturated heterocycles. The van der Waals surface area contributed by atoms with Crippen molar-refractivity contribution in [3.63, 3.8) is 0 Å². The van der Waals surface area contributed by atoms with Crippen molar-refractivity contribution in [2.45, 2.75) is 36.2 Å². The summed E-state index contributed by atoms with van der Waals surface area (Å²) in [6.45, 7) is 1.88. The van der Waals surface area contributed by atoms with Gasteiger partial charge >= 0.3 is 0 Å². The molecule has 35 heavy (non-hydrogen) atoms. The van der Waals surface area contributed by atoms with E-state index in [1.807, 2.05) is 29.5 Å². The predicted molar refractivity (Wildman–Crippen MR) is 135 cm³/mol. The minimum absolute atomic E-state index is 0.0155. The molecular formula is C24H26INO8S. The smallest absolute Gasteiger partial charge is 0.269 e. The van der Waals surface area contributed by atoms with Crippen LogP contribution in [0.2, 0.25) is 0 Å². The van der Waals surface area contributed by atoms with Crippen LogP contribution in [0.4, 0.5) is 0 Å². The summed E-state index contributed by atoms with van der Waals surface area (Å²) in [6.07, 6.45) is 1.33. The Hall–Kier alpha value is -2.19. The van der Waals surface area contributed by atoms with E-state index < -0.39 is 40.3 Å². The number of methoxy groups -OCH3 is 3. The lowest BCUT2D eigenvalue weighted by Crippen LogP contribution is -2.58. The number of sulfonamides is 1. The van der Waals surface area contributed by atoms with Crippen molar-refractivity contribution in [3.8, 4) is 11.5 Å². The van der Waals surface area contributed by atoms with Crippen molar-refractivity contribution in [2.24, 2.45) is 0 Å². The van der Waals surface area contributed by atoms with E-state index in [2.05, 4.69) is 0 Å². The third kappa shape index (κ3) is 4.79. The molecular weight excluding hydrogens is 589 g/mol. The largest absolute Gasteiger partial charge is 0.454 e. The normalized spacial score (nSPS) is 23.3. The summed E-state index contributed by atoms with van der Waals surface area (Å²) in [7, 11) is 0.141. The third-order valence-electron chi connectivity index (χ3n) is 6.04. The highest BCUT2D eigenvalue weighted by molar-refractivity contribution is 14.1. The van der Waals surface area contributed by atoms with Gasteiger partial charge in [-0.1, -0.05) is 29.8 Å². The highest BCUT2D eigenvalue weighted by atomic mass is 127. The van der Waals surface area contributed by atoms with Crippen LogP contribution in [-0.2, 0) is 24.2 Å². The number of hydrogen-bond acceptors (Lipinski definition) is 8. The first-order chi connectivity index (χ1) is 16.7. The van der Waals surface area contributed by atoms with Crippen LogP contribution in [0.3, 0.4) is 0 Å². The van der Waals surface area contributed by atoms with Gasteiger partial charge in [0.05, 0.1) is 16.5 Å². The Morgan fingerprint density at radius 3 is 2.20 bits per heavy atom. The van der Waals surface area contributed by atoms with E-state index in [0.29, 0.717) is 15.1 Å². The Morgan fingerprint density at radius 1 is 0.971 bits per heavy atom. The maximum absolute atomic E-state index is 14.0. The van der Waals surface area contributed by atoms with Gasteiger partial charge in [-0.2, -0.15) is 0 Å². The average Bonchev–Trinajstić information content (AvgIpc) is 3.30. The van der Waals surface area contributed by atoms with E-state index in [9.17, 15) is 13.2 Å². The second kappa shape index (κ2) is 10.4. The van der Waals surface area contributed by atoms with Crippen LogP contribution in [0.15, 0.2) is 53.4 Å². The number of rotatable bonds is 7. The summed E-state index contributed by atoms with van der Waals surface area (Å²) in [4.78, 5) is 14.0. The average molecular weight is 615 g/mol. The number of carbonyl (C=O) groups is 1. The van der Waals surface area contributed by atoms with E-state index in [0.717, 1.165) is 9.87 Å². The van der Waals surface area contributed by atoms with Crippen molar-refractivity contribution in [2.75, 3.05) is 28.1 Å². The molecule has 0 N–H and O–H groups in total. The zero-order valence-electron chi connectivity index (χ0n) is 19.6. The molecule has 1 heterocycles. The molecule has 188 valence electrons. The van der Waals surface area contributed by atoms with Gasteiger partial charge in [-0.05, 0) is 53.8 Å². The van der Waals surface area contributed by atoms with Gasteiger partial charge in [-0.25, -0.2) is 12.7 Å². The van der Waals surface area contributed by atoms with Crippen molar-refractivity contribution in [1.29, 1.82) is 0 Å². The van der Waals surface area contributed by atoms with E-state index in [-0.39, 0.29) is 17.3 Å². The second-order valence-corrected chi connectivity index (χ2v) is 11.1. The van der Waals surface area contributed by atoms with Crippen molar-refractivity contribution in [3.05, 3.63) is 63.2 Å². The molecule has 1 amide bonds. The van der Waals surface area contributed by atoms with Gasteiger partial charge in [0.2, 0.25) is 6.79 Å². The number of ether oxygens (including phenoxy) is 5. The molecule has 1 aliphatic heterocycles. The summed E-state index contributed by atoms with van der Waals surface area (Å²) in [5.74, 6) is 0.141. The molecule has 0 radical (unpaired) electrons. The SMILES string of the molecule is CO[C@@H]1[C@H](OC)[C@@H](OC)C=C[C@H]1N(C(=O)c1cc2c(cc1I)OCO2)S(=O)(=O)c1ccc(C)cc1. The van der Waals surface area contributed by atoms with E-state index in [4.69, 9.17) is 23.7 Å². The Kier molecular flexibility index (Phi) is 7.71. The molecule has 0 saturated carbocycles. The molecule has 0 aromatic heterocycles. The number of benzene rings is 2. The van der Waals surface area contributed by atoms with Crippen LogP contribution >= 0.6 is 22.6 Å². The molecule has 2 aromatic carbocycles.